The number of rotatable bonds is 0. The molecule has 0 aromatic rings. The first kappa shape index (κ1) is 7.90. The Morgan fingerprint density at radius 2 is 2.27 bits per heavy atom. The van der Waals surface area contributed by atoms with Crippen molar-refractivity contribution in [3.63, 3.8) is 0 Å². The maximum atomic E-state index is 11.2. The van der Waals surface area contributed by atoms with Crippen LogP contribution in [-0.2, 0) is 15.9 Å². The molecule has 0 N–H and O–H groups in total. The van der Waals surface area contributed by atoms with Crippen LogP contribution in [0.3, 0.4) is 0 Å². The molecule has 2 nitrogen and oxygen atoms in total. The molecule has 0 radical (unpaired) electrons. The van der Waals surface area contributed by atoms with Crippen LogP contribution in [0.2, 0.25) is 0 Å². The summed E-state index contributed by atoms with van der Waals surface area (Å²) in [5, 5.41) is 0. The molecule has 2 aliphatic rings. The van der Waals surface area contributed by atoms with Gasteiger partial charge < -0.3 is 9.29 Å². The van der Waals surface area contributed by atoms with Crippen molar-refractivity contribution in [3.8, 4) is 0 Å². The molecule has 0 saturated carbocycles. The van der Waals surface area contributed by atoms with Gasteiger partial charge in [0.25, 0.3) is 0 Å². The molecule has 2 aliphatic heterocycles. The number of hydrogen-bond acceptors (Lipinski definition) is 2. The molecule has 2 atom stereocenters. The van der Waals surface area contributed by atoms with Crippen LogP contribution in [0.4, 0.5) is 0 Å². The molecule has 2 heterocycles. The highest BCUT2D eigenvalue weighted by Gasteiger charge is 2.43. The molecule has 2 rings (SSSR count). The van der Waals surface area contributed by atoms with Gasteiger partial charge in [-0.1, -0.05) is 11.2 Å². The van der Waals surface area contributed by atoms with Gasteiger partial charge in [-0.2, -0.15) is 0 Å². The van der Waals surface area contributed by atoms with E-state index in [-0.39, 0.29) is 0 Å². The van der Waals surface area contributed by atoms with E-state index in [1.54, 1.807) is 0 Å². The van der Waals surface area contributed by atoms with Crippen LogP contribution in [0.1, 0.15) is 19.3 Å². The van der Waals surface area contributed by atoms with E-state index in [2.05, 4.69) is 0 Å². The van der Waals surface area contributed by atoms with E-state index < -0.39 is 11.2 Å². The minimum Gasteiger partial charge on any atom is -0.616 e. The topological polar surface area (TPSA) is 32.3 Å². The zero-order valence-corrected chi connectivity index (χ0v) is 7.49. The van der Waals surface area contributed by atoms with Gasteiger partial charge in [0.15, 0.2) is 0 Å². The Balaban J connectivity index is 1.98. The Labute approximate surface area is 70.5 Å². The van der Waals surface area contributed by atoms with E-state index in [4.69, 9.17) is 4.74 Å². The maximum Gasteiger partial charge on any atom is 0.113 e. The molecule has 3 heteroatoms. The second-order valence-corrected chi connectivity index (χ2v) is 5.27. The monoisotopic (exact) mass is 174 g/mol. The van der Waals surface area contributed by atoms with E-state index in [1.807, 2.05) is 0 Å². The van der Waals surface area contributed by atoms with Crippen LogP contribution in [0.15, 0.2) is 0 Å². The molecule has 2 saturated heterocycles. The summed E-state index contributed by atoms with van der Waals surface area (Å²) in [6.07, 6.45) is 3.52. The fourth-order valence-corrected chi connectivity index (χ4v) is 3.90. The molecule has 2 unspecified atom stereocenters. The normalized spacial score (nSPS) is 45.0. The summed E-state index contributed by atoms with van der Waals surface area (Å²) >= 11 is -0.540. The summed E-state index contributed by atoms with van der Waals surface area (Å²) < 4.78 is 16.6. The van der Waals surface area contributed by atoms with Crippen molar-refractivity contribution in [2.75, 3.05) is 24.7 Å². The summed E-state index contributed by atoms with van der Waals surface area (Å²) in [7, 11) is 0. The molecule has 64 valence electrons. The predicted octanol–water partition coefficient (Wildman–Crippen LogP) is 0.936. The smallest absolute Gasteiger partial charge is 0.113 e. The maximum absolute atomic E-state index is 11.2. The Morgan fingerprint density at radius 3 is 2.82 bits per heavy atom. The van der Waals surface area contributed by atoms with Crippen LogP contribution in [0, 0.1) is 5.41 Å². The summed E-state index contributed by atoms with van der Waals surface area (Å²) in [5.41, 5.74) is 0.323. The minimum atomic E-state index is -0.540. The van der Waals surface area contributed by atoms with Crippen LogP contribution < -0.4 is 0 Å². The summed E-state index contributed by atoms with van der Waals surface area (Å²) in [4.78, 5) is 0. The van der Waals surface area contributed by atoms with Crippen molar-refractivity contribution >= 4 is 11.2 Å². The first-order chi connectivity index (χ1) is 5.31. The van der Waals surface area contributed by atoms with Gasteiger partial charge in [-0.15, -0.1) is 0 Å². The fraction of sp³-hybridized carbons (Fsp3) is 1.00. The highest BCUT2D eigenvalue weighted by atomic mass is 32.2. The van der Waals surface area contributed by atoms with Crippen molar-refractivity contribution < 1.29 is 9.29 Å². The molecular weight excluding hydrogens is 160 g/mol. The van der Waals surface area contributed by atoms with E-state index in [1.165, 1.54) is 6.42 Å². The highest BCUT2D eigenvalue weighted by molar-refractivity contribution is 7.91. The SMILES string of the molecule is [O-][S+]1CCC2(CCCOC2)C1. The standard InChI is InChI=1S/C8H14O2S/c9-11-5-3-8(7-11)2-1-4-10-6-8/h1-7H2. The Morgan fingerprint density at radius 1 is 1.36 bits per heavy atom. The summed E-state index contributed by atoms with van der Waals surface area (Å²) in [5.74, 6) is 1.80. The third-order valence-electron chi connectivity index (χ3n) is 2.73. The lowest BCUT2D eigenvalue weighted by Crippen LogP contribution is -2.32. The molecule has 0 amide bonds. The van der Waals surface area contributed by atoms with Crippen LogP contribution >= 0.6 is 0 Å². The lowest BCUT2D eigenvalue weighted by Gasteiger charge is -2.30. The Bertz CT molecular complexity index is 138. The zero-order valence-electron chi connectivity index (χ0n) is 6.67. The average molecular weight is 174 g/mol. The molecule has 0 aliphatic carbocycles. The van der Waals surface area contributed by atoms with Gasteiger partial charge in [0.1, 0.15) is 11.5 Å². The molecule has 1 spiro atoms. The molecule has 11 heavy (non-hydrogen) atoms. The van der Waals surface area contributed by atoms with E-state index in [9.17, 15) is 4.55 Å². The van der Waals surface area contributed by atoms with Crippen molar-refractivity contribution in [2.45, 2.75) is 19.3 Å². The van der Waals surface area contributed by atoms with Crippen LogP contribution in [0.5, 0.6) is 0 Å². The molecule has 0 aromatic carbocycles. The minimum absolute atomic E-state index is 0.323. The average Bonchev–Trinajstić information content (AvgIpc) is 2.34. The number of ether oxygens (including phenoxy) is 1. The van der Waals surface area contributed by atoms with Crippen molar-refractivity contribution in [1.29, 1.82) is 0 Å². The fourth-order valence-electron chi connectivity index (χ4n) is 2.04. The lowest BCUT2D eigenvalue weighted by atomic mass is 9.82. The lowest BCUT2D eigenvalue weighted by molar-refractivity contribution is 0.00665. The molecule has 0 aromatic heterocycles. The van der Waals surface area contributed by atoms with Crippen molar-refractivity contribution in [3.05, 3.63) is 0 Å². The molecule has 0 bridgehead atoms. The van der Waals surface area contributed by atoms with E-state index in [0.717, 1.165) is 37.6 Å². The second kappa shape index (κ2) is 2.96. The second-order valence-electron chi connectivity index (χ2n) is 3.69. The van der Waals surface area contributed by atoms with Gasteiger partial charge >= 0.3 is 0 Å². The number of hydrogen-bond donors (Lipinski definition) is 0. The van der Waals surface area contributed by atoms with Crippen molar-refractivity contribution in [1.82, 2.24) is 0 Å². The van der Waals surface area contributed by atoms with Crippen LogP contribution in [0.25, 0.3) is 0 Å². The Kier molecular flexibility index (Phi) is 2.12. The predicted molar refractivity (Wildman–Crippen MR) is 45.0 cm³/mol. The summed E-state index contributed by atoms with van der Waals surface area (Å²) in [6, 6.07) is 0. The van der Waals surface area contributed by atoms with Crippen molar-refractivity contribution in [2.24, 2.45) is 5.41 Å². The van der Waals surface area contributed by atoms with Gasteiger partial charge in [-0.05, 0) is 12.8 Å². The quantitative estimate of drug-likeness (QED) is 0.512. The van der Waals surface area contributed by atoms with E-state index >= 15 is 0 Å². The van der Waals surface area contributed by atoms with Gasteiger partial charge in [0.2, 0.25) is 0 Å². The first-order valence-corrected chi connectivity index (χ1v) is 5.72. The largest absolute Gasteiger partial charge is 0.616 e. The van der Waals surface area contributed by atoms with Gasteiger partial charge in [-0.25, -0.2) is 0 Å². The molecular formula is C8H14O2S. The van der Waals surface area contributed by atoms with Gasteiger partial charge in [0, 0.05) is 18.4 Å². The first-order valence-electron chi connectivity index (χ1n) is 4.24. The Hall–Kier alpha value is 0.270. The van der Waals surface area contributed by atoms with Crippen LogP contribution in [-0.4, -0.2) is 29.3 Å². The summed E-state index contributed by atoms with van der Waals surface area (Å²) in [6.45, 7) is 1.77. The third kappa shape index (κ3) is 1.55. The zero-order chi connectivity index (χ0) is 7.73. The third-order valence-corrected chi connectivity index (χ3v) is 4.33. The molecule has 2 fully saturated rings. The highest BCUT2D eigenvalue weighted by Crippen LogP contribution is 2.39. The van der Waals surface area contributed by atoms with Gasteiger partial charge in [0.05, 0.1) is 6.61 Å². The van der Waals surface area contributed by atoms with Gasteiger partial charge in [-0.3, -0.25) is 0 Å². The van der Waals surface area contributed by atoms with E-state index in [0.29, 0.717) is 5.41 Å².